The molecule has 0 unspecified atom stereocenters. The van der Waals surface area contributed by atoms with Crippen LogP contribution in [-0.2, 0) is 6.54 Å². The topological polar surface area (TPSA) is 56.3 Å². The Balaban J connectivity index is 1.28. The molecule has 152 valence electrons. The molecule has 0 atom stereocenters. The molecule has 2 aliphatic rings. The van der Waals surface area contributed by atoms with Gasteiger partial charge in [0, 0.05) is 32.7 Å². The number of piperazine rings is 1. The number of thiazole rings is 1. The van der Waals surface area contributed by atoms with Crippen LogP contribution < -0.4 is 23.8 Å². The molecular weight excluding hydrogens is 390 g/mol. The molecule has 0 bridgehead atoms. The van der Waals surface area contributed by atoms with Crippen LogP contribution in [-0.4, -0.2) is 57.1 Å². The molecule has 5 rings (SSSR count). The summed E-state index contributed by atoms with van der Waals surface area (Å²) in [7, 11) is 3.37. The zero-order valence-corrected chi connectivity index (χ0v) is 17.3. The summed E-state index contributed by atoms with van der Waals surface area (Å²) in [6, 6.07) is 10.0. The fourth-order valence-electron chi connectivity index (χ4n) is 3.80. The molecule has 7 nitrogen and oxygen atoms in total. The van der Waals surface area contributed by atoms with Gasteiger partial charge in [-0.25, -0.2) is 4.98 Å². The minimum absolute atomic E-state index is 0.315. The Morgan fingerprint density at radius 3 is 2.52 bits per heavy atom. The zero-order valence-electron chi connectivity index (χ0n) is 16.5. The van der Waals surface area contributed by atoms with E-state index >= 15 is 0 Å². The molecule has 0 spiro atoms. The van der Waals surface area contributed by atoms with E-state index in [1.165, 1.54) is 5.56 Å². The van der Waals surface area contributed by atoms with Crippen molar-refractivity contribution in [3.05, 3.63) is 35.9 Å². The number of anilines is 1. The van der Waals surface area contributed by atoms with Gasteiger partial charge in [0.1, 0.15) is 21.7 Å². The van der Waals surface area contributed by atoms with Crippen molar-refractivity contribution < 1.29 is 18.9 Å². The molecule has 0 saturated carbocycles. The van der Waals surface area contributed by atoms with Crippen molar-refractivity contribution in [2.75, 3.05) is 52.1 Å². The number of benzene rings is 2. The maximum atomic E-state index is 5.51. The van der Waals surface area contributed by atoms with Gasteiger partial charge in [0.2, 0.25) is 6.79 Å². The average molecular weight is 413 g/mol. The Labute approximate surface area is 173 Å². The van der Waals surface area contributed by atoms with Crippen molar-refractivity contribution >= 4 is 26.7 Å². The van der Waals surface area contributed by atoms with Crippen molar-refractivity contribution in [1.29, 1.82) is 0 Å². The number of ether oxygens (including phenoxy) is 4. The van der Waals surface area contributed by atoms with E-state index in [0.717, 1.165) is 71.1 Å². The first-order chi connectivity index (χ1) is 14.2. The van der Waals surface area contributed by atoms with Gasteiger partial charge in [-0.2, -0.15) is 0 Å². The van der Waals surface area contributed by atoms with Gasteiger partial charge in [-0.05, 0) is 29.8 Å². The van der Waals surface area contributed by atoms with E-state index in [-0.39, 0.29) is 0 Å². The lowest BCUT2D eigenvalue weighted by atomic mass is 10.1. The lowest BCUT2D eigenvalue weighted by Gasteiger charge is -2.34. The van der Waals surface area contributed by atoms with E-state index in [9.17, 15) is 0 Å². The van der Waals surface area contributed by atoms with Crippen molar-refractivity contribution in [3.8, 4) is 23.0 Å². The van der Waals surface area contributed by atoms with Gasteiger partial charge in [-0.1, -0.05) is 17.4 Å². The smallest absolute Gasteiger partial charge is 0.231 e. The number of aromatic nitrogens is 1. The highest BCUT2D eigenvalue weighted by molar-refractivity contribution is 7.22. The van der Waals surface area contributed by atoms with E-state index in [1.807, 2.05) is 18.2 Å². The summed E-state index contributed by atoms with van der Waals surface area (Å²) in [6.07, 6.45) is 0. The van der Waals surface area contributed by atoms with E-state index in [0.29, 0.717) is 6.79 Å². The van der Waals surface area contributed by atoms with Crippen LogP contribution in [0.2, 0.25) is 0 Å². The van der Waals surface area contributed by atoms with Crippen LogP contribution >= 0.6 is 11.3 Å². The minimum Gasteiger partial charge on any atom is -0.495 e. The normalized spacial score (nSPS) is 16.4. The van der Waals surface area contributed by atoms with Gasteiger partial charge in [0.25, 0.3) is 0 Å². The number of nitrogens with zero attached hydrogens (tertiary/aromatic N) is 3. The first kappa shape index (κ1) is 18.3. The molecule has 3 aromatic rings. The molecule has 1 aromatic heterocycles. The van der Waals surface area contributed by atoms with Gasteiger partial charge in [-0.3, -0.25) is 4.90 Å². The molecular formula is C21H23N3O4S. The quantitative estimate of drug-likeness (QED) is 0.636. The standard InChI is InChI=1S/C21H23N3O4S/c1-25-16-5-6-17(26-2)20-19(16)22-21(29-20)24-9-7-23(8-10-24)12-14-3-4-15-18(11-14)28-13-27-15/h3-6,11H,7-10,12-13H2,1-2H3. The average Bonchev–Trinajstić information content (AvgIpc) is 3.40. The second kappa shape index (κ2) is 7.61. The van der Waals surface area contributed by atoms with Crippen LogP contribution in [0.5, 0.6) is 23.0 Å². The molecule has 2 aliphatic heterocycles. The Bertz CT molecular complexity index is 989. The summed E-state index contributed by atoms with van der Waals surface area (Å²) >= 11 is 1.66. The maximum absolute atomic E-state index is 5.51. The molecule has 2 aromatic carbocycles. The van der Waals surface area contributed by atoms with Crippen molar-refractivity contribution in [2.24, 2.45) is 0 Å². The number of methoxy groups -OCH3 is 2. The summed E-state index contributed by atoms with van der Waals surface area (Å²) in [5.74, 6) is 3.30. The predicted molar refractivity (Wildman–Crippen MR) is 113 cm³/mol. The maximum Gasteiger partial charge on any atom is 0.231 e. The molecule has 29 heavy (non-hydrogen) atoms. The summed E-state index contributed by atoms with van der Waals surface area (Å²) < 4.78 is 22.9. The highest BCUT2D eigenvalue weighted by atomic mass is 32.1. The van der Waals surface area contributed by atoms with Crippen LogP contribution in [0.3, 0.4) is 0 Å². The number of hydrogen-bond donors (Lipinski definition) is 0. The fourth-order valence-corrected chi connectivity index (χ4v) is 4.93. The monoisotopic (exact) mass is 413 g/mol. The van der Waals surface area contributed by atoms with Crippen molar-refractivity contribution in [2.45, 2.75) is 6.54 Å². The van der Waals surface area contributed by atoms with E-state index in [4.69, 9.17) is 23.9 Å². The lowest BCUT2D eigenvalue weighted by molar-refractivity contribution is 0.174. The van der Waals surface area contributed by atoms with Crippen LogP contribution in [0, 0.1) is 0 Å². The lowest BCUT2D eigenvalue weighted by Crippen LogP contribution is -2.45. The highest BCUT2D eigenvalue weighted by Gasteiger charge is 2.23. The van der Waals surface area contributed by atoms with Crippen LogP contribution in [0.1, 0.15) is 5.56 Å². The minimum atomic E-state index is 0.315. The molecule has 8 heteroatoms. The number of fused-ring (bicyclic) bond motifs is 2. The summed E-state index contributed by atoms with van der Waals surface area (Å²) in [6.45, 7) is 5.07. The highest BCUT2D eigenvalue weighted by Crippen LogP contribution is 2.40. The van der Waals surface area contributed by atoms with E-state index in [1.54, 1.807) is 25.6 Å². The third kappa shape index (κ3) is 3.42. The number of hydrogen-bond acceptors (Lipinski definition) is 8. The van der Waals surface area contributed by atoms with Gasteiger partial charge >= 0.3 is 0 Å². The molecule has 1 fully saturated rings. The van der Waals surface area contributed by atoms with Crippen LogP contribution in [0.4, 0.5) is 5.13 Å². The van der Waals surface area contributed by atoms with Crippen LogP contribution in [0.15, 0.2) is 30.3 Å². The Kier molecular flexibility index (Phi) is 4.81. The molecule has 0 radical (unpaired) electrons. The Morgan fingerprint density at radius 2 is 1.72 bits per heavy atom. The second-order valence-electron chi connectivity index (χ2n) is 7.10. The van der Waals surface area contributed by atoms with Gasteiger partial charge < -0.3 is 23.8 Å². The zero-order chi connectivity index (χ0) is 19.8. The molecule has 1 saturated heterocycles. The third-order valence-corrected chi connectivity index (χ3v) is 6.52. The van der Waals surface area contributed by atoms with Gasteiger partial charge in [0.15, 0.2) is 16.6 Å². The number of rotatable bonds is 5. The summed E-state index contributed by atoms with van der Waals surface area (Å²) in [5, 5.41) is 1.02. The van der Waals surface area contributed by atoms with Crippen molar-refractivity contribution in [3.63, 3.8) is 0 Å². The molecule has 3 heterocycles. The van der Waals surface area contributed by atoms with E-state index < -0.39 is 0 Å². The SMILES string of the molecule is COc1ccc(OC)c2sc(N3CCN(Cc4ccc5c(c4)OCO5)CC3)nc12. The predicted octanol–water partition coefficient (Wildman–Crippen LogP) is 3.36. The molecule has 0 N–H and O–H groups in total. The van der Waals surface area contributed by atoms with Gasteiger partial charge in [-0.15, -0.1) is 0 Å². The van der Waals surface area contributed by atoms with Crippen molar-refractivity contribution in [1.82, 2.24) is 9.88 Å². The second-order valence-corrected chi connectivity index (χ2v) is 8.07. The largest absolute Gasteiger partial charge is 0.495 e. The van der Waals surface area contributed by atoms with Crippen LogP contribution in [0.25, 0.3) is 10.2 Å². The summed E-state index contributed by atoms with van der Waals surface area (Å²) in [5.41, 5.74) is 2.12. The summed E-state index contributed by atoms with van der Waals surface area (Å²) in [4.78, 5) is 9.66. The fraction of sp³-hybridized carbons (Fsp3) is 0.381. The first-order valence-corrected chi connectivity index (χ1v) is 10.4. The Hall–Kier alpha value is -2.71. The van der Waals surface area contributed by atoms with Gasteiger partial charge in [0.05, 0.1) is 14.2 Å². The van der Waals surface area contributed by atoms with E-state index in [2.05, 4.69) is 21.9 Å². The molecule has 0 aliphatic carbocycles. The molecule has 0 amide bonds. The third-order valence-electron chi connectivity index (χ3n) is 5.38. The Morgan fingerprint density at radius 1 is 0.966 bits per heavy atom. The first-order valence-electron chi connectivity index (χ1n) is 9.62.